The quantitative estimate of drug-likeness (QED) is 0.659. The fourth-order valence-electron chi connectivity index (χ4n) is 1.31. The van der Waals surface area contributed by atoms with Crippen LogP contribution in [0.1, 0.15) is 11.1 Å². The lowest BCUT2D eigenvalue weighted by Crippen LogP contribution is -1.87. The number of benzene rings is 1. The Balaban J connectivity index is 3.00. The van der Waals surface area contributed by atoms with Crippen molar-refractivity contribution < 1.29 is 4.39 Å². The summed E-state index contributed by atoms with van der Waals surface area (Å²) in [7, 11) is 0. The van der Waals surface area contributed by atoms with Crippen molar-refractivity contribution in [2.75, 3.05) is 0 Å². The van der Waals surface area contributed by atoms with Crippen molar-refractivity contribution in [3.05, 3.63) is 34.5 Å². The fraction of sp³-hybridized carbons (Fsp3) is 0. The van der Waals surface area contributed by atoms with Crippen molar-refractivity contribution in [3.63, 3.8) is 0 Å². The molecule has 0 amide bonds. The third-order valence-electron chi connectivity index (χ3n) is 1.92. The Bertz CT molecular complexity index is 586. The van der Waals surface area contributed by atoms with Crippen LogP contribution >= 0.6 is 11.3 Å². The molecule has 0 radical (unpaired) electrons. The fourth-order valence-corrected chi connectivity index (χ4v) is 2.12. The molecule has 1 aromatic carbocycles. The van der Waals surface area contributed by atoms with Gasteiger partial charge in [-0.05, 0) is 17.5 Å². The monoisotopic (exact) mass is 202 g/mol. The predicted octanol–water partition coefficient (Wildman–Crippen LogP) is 2.78. The van der Waals surface area contributed by atoms with E-state index < -0.39 is 5.82 Å². The van der Waals surface area contributed by atoms with Crippen LogP contribution in [0.5, 0.6) is 0 Å². The van der Waals surface area contributed by atoms with Crippen LogP contribution in [-0.2, 0) is 0 Å². The maximum Gasteiger partial charge on any atom is 0.142 e. The van der Waals surface area contributed by atoms with Gasteiger partial charge in [0, 0.05) is 5.39 Å². The molecule has 1 heterocycles. The lowest BCUT2D eigenvalue weighted by Gasteiger charge is -1.97. The van der Waals surface area contributed by atoms with Crippen molar-refractivity contribution in [2.45, 2.75) is 0 Å². The van der Waals surface area contributed by atoms with Gasteiger partial charge in [0.15, 0.2) is 0 Å². The molecule has 0 spiro atoms. The van der Waals surface area contributed by atoms with Crippen molar-refractivity contribution in [1.82, 2.24) is 0 Å². The van der Waals surface area contributed by atoms with Gasteiger partial charge in [0.2, 0.25) is 0 Å². The van der Waals surface area contributed by atoms with Gasteiger partial charge >= 0.3 is 0 Å². The molecule has 0 unspecified atom stereocenters. The minimum Gasteiger partial charge on any atom is -0.205 e. The van der Waals surface area contributed by atoms with Crippen LogP contribution in [0.2, 0.25) is 0 Å². The Morgan fingerprint density at radius 2 is 2.07 bits per heavy atom. The van der Waals surface area contributed by atoms with E-state index in [0.29, 0.717) is 10.1 Å². The van der Waals surface area contributed by atoms with Gasteiger partial charge in [-0.2, -0.15) is 10.5 Å². The summed E-state index contributed by atoms with van der Waals surface area (Å²) in [6.45, 7) is 0. The average Bonchev–Trinajstić information content (AvgIpc) is 2.66. The Kier molecular flexibility index (Phi) is 1.92. The lowest BCUT2D eigenvalue weighted by atomic mass is 10.1. The molecule has 0 fully saturated rings. The predicted molar refractivity (Wildman–Crippen MR) is 51.2 cm³/mol. The van der Waals surface area contributed by atoms with Gasteiger partial charge in [-0.3, -0.25) is 0 Å². The molecule has 14 heavy (non-hydrogen) atoms. The molecule has 66 valence electrons. The summed E-state index contributed by atoms with van der Waals surface area (Å²) < 4.78 is 13.8. The number of thiophene rings is 1. The van der Waals surface area contributed by atoms with Gasteiger partial charge < -0.3 is 0 Å². The molecule has 0 aliphatic heterocycles. The van der Waals surface area contributed by atoms with E-state index >= 15 is 0 Å². The van der Waals surface area contributed by atoms with Crippen molar-refractivity contribution >= 4 is 21.4 Å². The second kappa shape index (κ2) is 3.10. The number of nitriles is 2. The van der Waals surface area contributed by atoms with Gasteiger partial charge in [-0.1, -0.05) is 0 Å². The van der Waals surface area contributed by atoms with E-state index in [0.717, 1.165) is 6.07 Å². The summed E-state index contributed by atoms with van der Waals surface area (Å²) in [6.07, 6.45) is 0. The number of nitrogens with zero attached hydrogens (tertiary/aromatic N) is 2. The largest absolute Gasteiger partial charge is 0.205 e. The molecule has 2 aromatic rings. The highest BCUT2D eigenvalue weighted by atomic mass is 32.1. The van der Waals surface area contributed by atoms with Gasteiger partial charge in [0.1, 0.15) is 18.0 Å². The van der Waals surface area contributed by atoms with Gasteiger partial charge in [-0.25, -0.2) is 4.39 Å². The van der Waals surface area contributed by atoms with E-state index in [1.165, 1.54) is 11.3 Å². The zero-order valence-corrected chi connectivity index (χ0v) is 7.73. The molecule has 0 saturated heterocycles. The van der Waals surface area contributed by atoms with E-state index in [4.69, 9.17) is 10.5 Å². The van der Waals surface area contributed by atoms with Crippen LogP contribution < -0.4 is 0 Å². The highest BCUT2D eigenvalue weighted by Gasteiger charge is 2.12. The summed E-state index contributed by atoms with van der Waals surface area (Å²) >= 11 is 1.23. The average molecular weight is 202 g/mol. The third kappa shape index (κ3) is 1.06. The van der Waals surface area contributed by atoms with Crippen LogP contribution in [-0.4, -0.2) is 0 Å². The Morgan fingerprint density at radius 1 is 1.29 bits per heavy atom. The van der Waals surface area contributed by atoms with Crippen LogP contribution in [0.4, 0.5) is 4.39 Å². The third-order valence-corrected chi connectivity index (χ3v) is 2.85. The summed E-state index contributed by atoms with van der Waals surface area (Å²) in [4.78, 5) is 0. The van der Waals surface area contributed by atoms with E-state index in [9.17, 15) is 4.39 Å². The van der Waals surface area contributed by atoms with Crippen molar-refractivity contribution in [1.29, 1.82) is 10.5 Å². The molecule has 0 aliphatic carbocycles. The maximum atomic E-state index is 13.3. The number of fused-ring (bicyclic) bond motifs is 1. The Hall–Kier alpha value is -1.91. The van der Waals surface area contributed by atoms with Crippen molar-refractivity contribution in [2.24, 2.45) is 0 Å². The molecular formula is C10H3FN2S. The molecule has 0 saturated carbocycles. The van der Waals surface area contributed by atoms with Crippen molar-refractivity contribution in [3.8, 4) is 12.1 Å². The van der Waals surface area contributed by atoms with Crippen LogP contribution in [0, 0.1) is 28.5 Å². The second-order valence-corrected chi connectivity index (χ2v) is 3.58. The maximum absolute atomic E-state index is 13.3. The summed E-state index contributed by atoms with van der Waals surface area (Å²) in [5.74, 6) is -0.439. The highest BCUT2D eigenvalue weighted by molar-refractivity contribution is 7.17. The zero-order valence-electron chi connectivity index (χ0n) is 6.91. The molecule has 1 aromatic heterocycles. The zero-order chi connectivity index (χ0) is 10.1. The second-order valence-electron chi connectivity index (χ2n) is 2.67. The van der Waals surface area contributed by atoms with E-state index in [1.54, 1.807) is 11.4 Å². The molecule has 0 bridgehead atoms. The minimum atomic E-state index is -0.439. The van der Waals surface area contributed by atoms with Crippen LogP contribution in [0.25, 0.3) is 10.1 Å². The van der Waals surface area contributed by atoms with Crippen LogP contribution in [0.3, 0.4) is 0 Å². The standard InChI is InChI=1S/C10H3FN2S/c11-9-3-6(4-12)8(5-13)7-1-2-14-10(7)9/h1-3H. The normalized spacial score (nSPS) is 9.64. The molecule has 0 aliphatic rings. The number of hydrogen-bond acceptors (Lipinski definition) is 3. The van der Waals surface area contributed by atoms with E-state index in [-0.39, 0.29) is 11.1 Å². The SMILES string of the molecule is N#Cc1cc(F)c2sccc2c1C#N. The Labute approximate surface area is 83.4 Å². The molecule has 2 nitrogen and oxygen atoms in total. The molecular weight excluding hydrogens is 199 g/mol. The van der Waals surface area contributed by atoms with Gasteiger partial charge in [0.25, 0.3) is 0 Å². The first-order valence-corrected chi connectivity index (χ1v) is 4.66. The lowest BCUT2D eigenvalue weighted by molar-refractivity contribution is 0.641. The summed E-state index contributed by atoms with van der Waals surface area (Å²) in [5, 5.41) is 19.8. The van der Waals surface area contributed by atoms with Crippen LogP contribution in [0.15, 0.2) is 17.5 Å². The summed E-state index contributed by atoms with van der Waals surface area (Å²) in [6, 6.07) is 6.50. The molecule has 2 rings (SSSR count). The number of rotatable bonds is 0. The minimum absolute atomic E-state index is 0.0934. The first-order chi connectivity index (χ1) is 6.77. The number of hydrogen-bond donors (Lipinski definition) is 0. The number of halogens is 1. The Morgan fingerprint density at radius 3 is 2.71 bits per heavy atom. The smallest absolute Gasteiger partial charge is 0.142 e. The summed E-state index contributed by atoms with van der Waals surface area (Å²) in [5.41, 5.74) is 0.348. The van der Waals surface area contributed by atoms with Gasteiger partial charge in [-0.15, -0.1) is 11.3 Å². The first kappa shape index (κ1) is 8.68. The molecule has 4 heteroatoms. The molecule has 0 N–H and O–H groups in total. The van der Waals surface area contributed by atoms with E-state index in [2.05, 4.69) is 0 Å². The first-order valence-electron chi connectivity index (χ1n) is 3.78. The van der Waals surface area contributed by atoms with E-state index in [1.807, 2.05) is 12.1 Å². The molecule has 0 atom stereocenters. The topological polar surface area (TPSA) is 47.6 Å². The highest BCUT2D eigenvalue weighted by Crippen LogP contribution is 2.29. The van der Waals surface area contributed by atoms with Gasteiger partial charge in [0.05, 0.1) is 15.8 Å².